The normalized spacial score (nSPS) is 15.7. The van der Waals surface area contributed by atoms with Crippen molar-refractivity contribution in [2.45, 2.75) is 13.0 Å². The number of hydrogen-bond acceptors (Lipinski definition) is 5. The number of thiophene rings is 1. The minimum atomic E-state index is -0.738. The van der Waals surface area contributed by atoms with E-state index in [4.69, 9.17) is 0 Å². The average molecular weight is 554 g/mol. The van der Waals surface area contributed by atoms with Gasteiger partial charge in [-0.25, -0.2) is 9.38 Å². The number of para-hydroxylation sites is 1. The monoisotopic (exact) mass is 553 g/mol. The highest BCUT2D eigenvalue weighted by atomic mass is 79.9. The van der Waals surface area contributed by atoms with Crippen molar-refractivity contribution >= 4 is 56.3 Å². The van der Waals surface area contributed by atoms with Gasteiger partial charge in [-0.3, -0.25) is 14.2 Å². The van der Waals surface area contributed by atoms with E-state index in [0.29, 0.717) is 31.9 Å². The maximum absolute atomic E-state index is 13.7. The third kappa shape index (κ3) is 4.34. The number of rotatable bonds is 4. The fourth-order valence-corrected chi connectivity index (χ4v) is 6.31. The molecule has 34 heavy (non-hydrogen) atoms. The fraction of sp³-hybridized carbons (Fsp3) is 0.0800. The Morgan fingerprint density at radius 1 is 1.09 bits per heavy atom. The molecule has 0 radical (unpaired) electrons. The number of hydrogen-bond donors (Lipinski definition) is 1. The second kappa shape index (κ2) is 9.25. The lowest BCUT2D eigenvalue weighted by molar-refractivity contribution is -0.113. The summed E-state index contributed by atoms with van der Waals surface area (Å²) < 4.78 is 16.7. The molecule has 1 amide bonds. The number of carbonyl (C=O) groups excluding carboxylic acids is 1. The van der Waals surface area contributed by atoms with Gasteiger partial charge in [-0.05, 0) is 70.9 Å². The van der Waals surface area contributed by atoms with Crippen LogP contribution in [-0.2, 0) is 4.79 Å². The molecule has 0 unspecified atom stereocenters. The molecule has 0 saturated heterocycles. The van der Waals surface area contributed by atoms with Gasteiger partial charge in [0.2, 0.25) is 0 Å². The van der Waals surface area contributed by atoms with Gasteiger partial charge in [-0.2, -0.15) is 0 Å². The Morgan fingerprint density at radius 3 is 2.50 bits per heavy atom. The third-order valence-corrected chi connectivity index (χ3v) is 7.90. The Hall–Kier alpha value is -3.14. The van der Waals surface area contributed by atoms with Crippen LogP contribution in [0.1, 0.15) is 23.4 Å². The van der Waals surface area contributed by atoms with E-state index in [1.165, 1.54) is 39.4 Å². The molecule has 1 atom stereocenters. The number of halogens is 2. The summed E-state index contributed by atoms with van der Waals surface area (Å²) in [7, 11) is 0. The van der Waals surface area contributed by atoms with Gasteiger partial charge in [0.15, 0.2) is 4.80 Å². The van der Waals surface area contributed by atoms with Gasteiger partial charge in [-0.15, -0.1) is 11.3 Å². The molecule has 1 aliphatic heterocycles. The number of aromatic nitrogens is 1. The molecule has 170 valence electrons. The van der Waals surface area contributed by atoms with Crippen LogP contribution in [0.3, 0.4) is 0 Å². The van der Waals surface area contributed by atoms with Crippen LogP contribution >= 0.6 is 38.6 Å². The lowest BCUT2D eigenvalue weighted by Gasteiger charge is -2.25. The van der Waals surface area contributed by atoms with Crippen molar-refractivity contribution in [3.05, 3.63) is 118 Å². The lowest BCUT2D eigenvalue weighted by atomic mass is 9.95. The fourth-order valence-electron chi connectivity index (χ4n) is 3.83. The Bertz CT molecular complexity index is 1600. The van der Waals surface area contributed by atoms with Crippen molar-refractivity contribution < 1.29 is 9.18 Å². The van der Waals surface area contributed by atoms with Gasteiger partial charge in [0.1, 0.15) is 5.82 Å². The van der Waals surface area contributed by atoms with Gasteiger partial charge in [0, 0.05) is 10.6 Å². The number of benzene rings is 2. The van der Waals surface area contributed by atoms with Crippen LogP contribution in [0.5, 0.6) is 0 Å². The molecule has 0 bridgehead atoms. The standard InChI is InChI=1S/C25H17BrFN3O2S2/c1-14-21(23(31)29-17-5-3-2-4-6-17)22(15-7-9-16(27)10-8-15)30-24(32)19(34-25(30)28-14)13-18-11-12-20(26)33-18/h2-13,22H,1H3,(H,29,31)/t22-/m1/s1. The van der Waals surface area contributed by atoms with Gasteiger partial charge >= 0.3 is 0 Å². The molecule has 0 fully saturated rings. The molecular formula is C25H17BrFN3O2S2. The van der Waals surface area contributed by atoms with Crippen molar-refractivity contribution in [3.63, 3.8) is 0 Å². The number of nitrogens with one attached hydrogen (secondary N) is 1. The molecule has 3 heterocycles. The number of amides is 1. The zero-order valence-electron chi connectivity index (χ0n) is 17.8. The Labute approximate surface area is 210 Å². The highest BCUT2D eigenvalue weighted by molar-refractivity contribution is 9.11. The first-order chi connectivity index (χ1) is 16.4. The summed E-state index contributed by atoms with van der Waals surface area (Å²) in [6, 6.07) is 18.1. The summed E-state index contributed by atoms with van der Waals surface area (Å²) in [4.78, 5) is 33.0. The van der Waals surface area contributed by atoms with Crippen LogP contribution in [0.25, 0.3) is 6.08 Å². The van der Waals surface area contributed by atoms with E-state index in [9.17, 15) is 14.0 Å². The predicted molar refractivity (Wildman–Crippen MR) is 137 cm³/mol. The second-order valence-corrected chi connectivity index (χ2v) is 11.1. The van der Waals surface area contributed by atoms with Crippen LogP contribution in [0, 0.1) is 5.82 Å². The van der Waals surface area contributed by atoms with E-state index >= 15 is 0 Å². The van der Waals surface area contributed by atoms with Gasteiger partial charge < -0.3 is 5.32 Å². The number of thiazole rings is 1. The first kappa shape index (κ1) is 22.6. The van der Waals surface area contributed by atoms with Gasteiger partial charge in [0.05, 0.1) is 25.6 Å². The van der Waals surface area contributed by atoms with Crippen LogP contribution < -0.4 is 20.2 Å². The first-order valence-electron chi connectivity index (χ1n) is 10.3. The van der Waals surface area contributed by atoms with Crippen LogP contribution in [0.2, 0.25) is 0 Å². The third-order valence-electron chi connectivity index (χ3n) is 5.35. The zero-order valence-corrected chi connectivity index (χ0v) is 21.0. The van der Waals surface area contributed by atoms with E-state index in [1.54, 1.807) is 31.2 Å². The molecule has 4 aromatic rings. The molecule has 5 nitrogen and oxygen atoms in total. The zero-order chi connectivity index (χ0) is 23.8. The molecule has 9 heteroatoms. The van der Waals surface area contributed by atoms with Gasteiger partial charge in [-0.1, -0.05) is 41.7 Å². The second-order valence-electron chi connectivity index (χ2n) is 7.60. The molecule has 1 aliphatic rings. The number of anilines is 1. The van der Waals surface area contributed by atoms with Crippen LogP contribution in [0.15, 0.2) is 91.6 Å². The molecule has 1 N–H and O–H groups in total. The lowest BCUT2D eigenvalue weighted by Crippen LogP contribution is -2.40. The van der Waals surface area contributed by atoms with E-state index < -0.39 is 11.9 Å². The molecule has 2 aromatic heterocycles. The number of fused-ring (bicyclic) bond motifs is 1. The number of carbonyl (C=O) groups is 1. The highest BCUT2D eigenvalue weighted by Crippen LogP contribution is 2.31. The predicted octanol–water partition coefficient (Wildman–Crippen LogP) is 4.84. The quantitative estimate of drug-likeness (QED) is 0.393. The van der Waals surface area contributed by atoms with E-state index in [1.807, 2.05) is 36.4 Å². The minimum absolute atomic E-state index is 0.250. The summed E-state index contributed by atoms with van der Waals surface area (Å²) in [5.74, 6) is -0.756. The summed E-state index contributed by atoms with van der Waals surface area (Å²) in [6.07, 6.45) is 1.82. The molecule has 0 saturated carbocycles. The maximum Gasteiger partial charge on any atom is 0.271 e. The summed E-state index contributed by atoms with van der Waals surface area (Å²) in [5.41, 5.74) is 1.86. The van der Waals surface area contributed by atoms with Crippen molar-refractivity contribution in [1.82, 2.24) is 4.57 Å². The van der Waals surface area contributed by atoms with Gasteiger partial charge in [0.25, 0.3) is 11.5 Å². The molecule has 0 aliphatic carbocycles. The Kier molecular flexibility index (Phi) is 6.16. The highest BCUT2D eigenvalue weighted by Gasteiger charge is 2.32. The van der Waals surface area contributed by atoms with E-state index in [0.717, 1.165) is 8.66 Å². The smallest absolute Gasteiger partial charge is 0.271 e. The molecule has 5 rings (SSSR count). The minimum Gasteiger partial charge on any atom is -0.322 e. The SMILES string of the molecule is CC1=C(C(=O)Nc2ccccc2)[C@@H](c2ccc(F)cc2)n2c(sc(=Cc3ccc(Br)s3)c2=O)=N1. The van der Waals surface area contributed by atoms with Crippen LogP contribution in [-0.4, -0.2) is 10.5 Å². The van der Waals surface area contributed by atoms with Crippen LogP contribution in [0.4, 0.5) is 10.1 Å². The summed E-state index contributed by atoms with van der Waals surface area (Å²) >= 11 is 6.23. The van der Waals surface area contributed by atoms with E-state index in [2.05, 4.69) is 26.2 Å². The van der Waals surface area contributed by atoms with Crippen molar-refractivity contribution in [3.8, 4) is 0 Å². The molecule has 0 spiro atoms. The largest absolute Gasteiger partial charge is 0.322 e. The van der Waals surface area contributed by atoms with Crippen molar-refractivity contribution in [1.29, 1.82) is 0 Å². The Balaban J connectivity index is 1.68. The number of allylic oxidation sites excluding steroid dienone is 1. The number of nitrogens with zero attached hydrogens (tertiary/aromatic N) is 2. The van der Waals surface area contributed by atoms with E-state index in [-0.39, 0.29) is 11.5 Å². The van der Waals surface area contributed by atoms with Crippen molar-refractivity contribution in [2.75, 3.05) is 5.32 Å². The summed E-state index contributed by atoms with van der Waals surface area (Å²) in [5, 5.41) is 2.90. The first-order valence-corrected chi connectivity index (χ1v) is 12.7. The summed E-state index contributed by atoms with van der Waals surface area (Å²) in [6.45, 7) is 1.75. The average Bonchev–Trinajstić information content (AvgIpc) is 3.36. The Morgan fingerprint density at radius 2 is 1.82 bits per heavy atom. The molecular weight excluding hydrogens is 537 g/mol. The van der Waals surface area contributed by atoms with Crippen molar-refractivity contribution in [2.24, 2.45) is 4.99 Å². The maximum atomic E-state index is 13.7. The topological polar surface area (TPSA) is 63.5 Å². The molecule has 2 aromatic carbocycles.